The number of H-pyrrole nitrogens is 1. The summed E-state index contributed by atoms with van der Waals surface area (Å²) in [5.41, 5.74) is 0. The van der Waals surface area contributed by atoms with Gasteiger partial charge in [0.15, 0.2) is 0 Å². The van der Waals surface area contributed by atoms with Gasteiger partial charge >= 0.3 is 0 Å². The van der Waals surface area contributed by atoms with Gasteiger partial charge < -0.3 is 0 Å². The molecule has 1 aromatic rings. The van der Waals surface area contributed by atoms with E-state index in [2.05, 4.69) is 26.2 Å². The molecule has 1 aliphatic heterocycles. The molecule has 1 N–H and O–H groups in total. The van der Waals surface area contributed by atoms with Gasteiger partial charge in [-0.15, -0.1) is 11.8 Å². The Morgan fingerprint density at radius 2 is 2.50 bits per heavy atom. The summed E-state index contributed by atoms with van der Waals surface area (Å²) in [5.74, 6) is 2.66. The van der Waals surface area contributed by atoms with Crippen LogP contribution in [0.3, 0.4) is 0 Å². The van der Waals surface area contributed by atoms with Gasteiger partial charge in [0.1, 0.15) is 12.2 Å². The molecule has 98 valence electrons. The summed E-state index contributed by atoms with van der Waals surface area (Å²) >= 11 is 1.72. The maximum atomic E-state index is 8.48. The quantitative estimate of drug-likeness (QED) is 0.796. The summed E-state index contributed by atoms with van der Waals surface area (Å²) in [5, 5.41) is 15.4. The zero-order valence-corrected chi connectivity index (χ0v) is 11.3. The number of rotatable bonds is 6. The van der Waals surface area contributed by atoms with E-state index in [9.17, 15) is 0 Å². The van der Waals surface area contributed by atoms with Crippen molar-refractivity contribution in [3.05, 3.63) is 12.2 Å². The number of aromatic nitrogens is 3. The minimum absolute atomic E-state index is 0.405. The van der Waals surface area contributed by atoms with Crippen molar-refractivity contribution >= 4 is 11.8 Å². The van der Waals surface area contributed by atoms with E-state index in [0.29, 0.717) is 11.8 Å². The van der Waals surface area contributed by atoms with Crippen molar-refractivity contribution < 1.29 is 0 Å². The normalized spacial score (nSPS) is 20.7. The molecule has 1 aromatic heterocycles. The van der Waals surface area contributed by atoms with Crippen molar-refractivity contribution in [2.24, 2.45) is 0 Å². The van der Waals surface area contributed by atoms with Crippen LogP contribution in [-0.4, -0.2) is 44.7 Å². The van der Waals surface area contributed by atoms with Crippen LogP contribution in [0.5, 0.6) is 0 Å². The highest BCUT2D eigenvalue weighted by molar-refractivity contribution is 7.99. The molecule has 0 aromatic carbocycles. The fraction of sp³-hybridized carbons (Fsp3) is 0.750. The number of nitriles is 1. The molecule has 0 saturated carbocycles. The lowest BCUT2D eigenvalue weighted by Crippen LogP contribution is -2.35. The van der Waals surface area contributed by atoms with E-state index >= 15 is 0 Å². The van der Waals surface area contributed by atoms with Gasteiger partial charge in [0.25, 0.3) is 0 Å². The van der Waals surface area contributed by atoms with E-state index in [1.807, 2.05) is 0 Å². The average molecular weight is 265 g/mol. The maximum absolute atomic E-state index is 8.48. The molecule has 2 heterocycles. The highest BCUT2D eigenvalue weighted by atomic mass is 32.2. The SMILES string of the molecule is N#CCSCCCN1CCCC[C@H]1c1ncn[nH]1. The van der Waals surface area contributed by atoms with E-state index in [0.717, 1.165) is 31.1 Å². The van der Waals surface area contributed by atoms with Crippen molar-refractivity contribution in [2.45, 2.75) is 31.7 Å². The van der Waals surface area contributed by atoms with Gasteiger partial charge in [0, 0.05) is 0 Å². The van der Waals surface area contributed by atoms with Crippen LogP contribution >= 0.6 is 11.8 Å². The second kappa shape index (κ2) is 7.39. The predicted octanol–water partition coefficient (Wildman–Crippen LogP) is 1.98. The summed E-state index contributed by atoms with van der Waals surface area (Å²) in [6.07, 6.45) is 6.43. The molecule has 1 aliphatic rings. The molecule has 0 spiro atoms. The van der Waals surface area contributed by atoms with Crippen LogP contribution < -0.4 is 0 Å². The predicted molar refractivity (Wildman–Crippen MR) is 72.1 cm³/mol. The third kappa shape index (κ3) is 3.72. The Bertz CT molecular complexity index is 372. The number of piperidine rings is 1. The van der Waals surface area contributed by atoms with E-state index in [1.165, 1.54) is 19.3 Å². The molecule has 0 amide bonds. The average Bonchev–Trinajstić information content (AvgIpc) is 2.93. The van der Waals surface area contributed by atoms with Gasteiger partial charge in [0.05, 0.1) is 17.9 Å². The number of likely N-dealkylation sites (tertiary alicyclic amines) is 1. The fourth-order valence-electron chi connectivity index (χ4n) is 2.43. The summed E-state index contributed by atoms with van der Waals surface area (Å²) in [7, 11) is 0. The Labute approximate surface area is 112 Å². The van der Waals surface area contributed by atoms with Crippen LogP contribution in [0.2, 0.25) is 0 Å². The molecule has 18 heavy (non-hydrogen) atoms. The molecular weight excluding hydrogens is 246 g/mol. The Hall–Kier alpha value is -1.06. The molecule has 1 saturated heterocycles. The van der Waals surface area contributed by atoms with Gasteiger partial charge in [-0.1, -0.05) is 6.42 Å². The smallest absolute Gasteiger partial charge is 0.141 e. The first kappa shape index (κ1) is 13.4. The van der Waals surface area contributed by atoms with Crippen LogP contribution in [0.4, 0.5) is 0 Å². The first-order valence-electron chi connectivity index (χ1n) is 6.46. The fourth-order valence-corrected chi connectivity index (χ4v) is 3.00. The molecule has 6 heteroatoms. The van der Waals surface area contributed by atoms with Crippen molar-refractivity contribution in [1.29, 1.82) is 5.26 Å². The lowest BCUT2D eigenvalue weighted by atomic mass is 10.0. The van der Waals surface area contributed by atoms with Crippen LogP contribution in [0.25, 0.3) is 0 Å². The van der Waals surface area contributed by atoms with Gasteiger partial charge in [-0.2, -0.15) is 10.4 Å². The maximum Gasteiger partial charge on any atom is 0.141 e. The first-order chi connectivity index (χ1) is 8.92. The highest BCUT2D eigenvalue weighted by Gasteiger charge is 2.25. The summed E-state index contributed by atoms with van der Waals surface area (Å²) in [6.45, 7) is 2.23. The van der Waals surface area contributed by atoms with E-state index in [-0.39, 0.29) is 0 Å². The highest BCUT2D eigenvalue weighted by Crippen LogP contribution is 2.28. The number of aromatic amines is 1. The van der Waals surface area contributed by atoms with Crippen molar-refractivity contribution in [3.63, 3.8) is 0 Å². The largest absolute Gasteiger partial charge is 0.293 e. The lowest BCUT2D eigenvalue weighted by molar-refractivity contribution is 0.143. The topological polar surface area (TPSA) is 68.6 Å². The van der Waals surface area contributed by atoms with Crippen LogP contribution in [0.15, 0.2) is 6.33 Å². The number of nitrogens with zero attached hydrogens (tertiary/aromatic N) is 4. The van der Waals surface area contributed by atoms with Crippen molar-refractivity contribution in [3.8, 4) is 6.07 Å². The Kier molecular flexibility index (Phi) is 5.49. The molecule has 5 nitrogen and oxygen atoms in total. The summed E-state index contributed by atoms with van der Waals surface area (Å²) < 4.78 is 0. The third-order valence-electron chi connectivity index (χ3n) is 3.26. The lowest BCUT2D eigenvalue weighted by Gasteiger charge is -2.34. The van der Waals surface area contributed by atoms with Crippen molar-refractivity contribution in [1.82, 2.24) is 20.1 Å². The second-order valence-corrected chi connectivity index (χ2v) is 5.59. The molecule has 1 atom stereocenters. The molecule has 0 aliphatic carbocycles. The molecule has 0 bridgehead atoms. The van der Waals surface area contributed by atoms with Gasteiger partial charge in [-0.05, 0) is 38.1 Å². The van der Waals surface area contributed by atoms with E-state index in [1.54, 1.807) is 18.1 Å². The summed E-state index contributed by atoms with van der Waals surface area (Å²) in [6, 6.07) is 2.57. The van der Waals surface area contributed by atoms with Crippen LogP contribution in [0, 0.1) is 11.3 Å². The number of thioether (sulfide) groups is 1. The van der Waals surface area contributed by atoms with Gasteiger partial charge in [0.2, 0.25) is 0 Å². The molecule has 1 fully saturated rings. The molecule has 0 radical (unpaired) electrons. The molecule has 0 unspecified atom stereocenters. The zero-order valence-electron chi connectivity index (χ0n) is 10.5. The standard InChI is InChI=1S/C12H19N5S/c13-5-9-18-8-3-7-17-6-2-1-4-11(17)12-14-10-15-16-12/h10-11H,1-4,6-9H2,(H,14,15,16)/t11-/m0/s1. The number of nitrogens with one attached hydrogen (secondary N) is 1. The number of hydrogen-bond acceptors (Lipinski definition) is 5. The second-order valence-electron chi connectivity index (χ2n) is 4.48. The third-order valence-corrected chi connectivity index (χ3v) is 4.17. The monoisotopic (exact) mass is 265 g/mol. The van der Waals surface area contributed by atoms with Crippen LogP contribution in [0.1, 0.15) is 37.5 Å². The minimum Gasteiger partial charge on any atom is -0.293 e. The zero-order chi connectivity index (χ0) is 12.6. The molecule has 2 rings (SSSR count). The van der Waals surface area contributed by atoms with Gasteiger partial charge in [-0.25, -0.2) is 4.98 Å². The van der Waals surface area contributed by atoms with E-state index in [4.69, 9.17) is 5.26 Å². The summed E-state index contributed by atoms with van der Waals surface area (Å²) in [4.78, 5) is 6.79. The van der Waals surface area contributed by atoms with Crippen molar-refractivity contribution in [2.75, 3.05) is 24.6 Å². The number of hydrogen-bond donors (Lipinski definition) is 1. The Morgan fingerprint density at radius 1 is 1.56 bits per heavy atom. The minimum atomic E-state index is 0.405. The first-order valence-corrected chi connectivity index (χ1v) is 7.61. The van der Waals surface area contributed by atoms with Gasteiger partial charge in [-0.3, -0.25) is 10.00 Å². The Balaban J connectivity index is 1.79. The Morgan fingerprint density at radius 3 is 3.28 bits per heavy atom. The van der Waals surface area contributed by atoms with Crippen LogP contribution in [-0.2, 0) is 0 Å². The molecular formula is C12H19N5S. The van der Waals surface area contributed by atoms with E-state index < -0.39 is 0 Å².